The molecule has 0 unspecified atom stereocenters. The molecule has 0 saturated carbocycles. The van der Waals surface area contributed by atoms with Gasteiger partial charge in [-0.25, -0.2) is 0 Å². The van der Waals surface area contributed by atoms with Gasteiger partial charge in [-0.2, -0.15) is 26.3 Å². The summed E-state index contributed by atoms with van der Waals surface area (Å²) in [7, 11) is 0. The monoisotopic (exact) mass is 422 g/mol. The lowest BCUT2D eigenvalue weighted by Gasteiger charge is -2.33. The van der Waals surface area contributed by atoms with Crippen LogP contribution in [0.2, 0.25) is 0 Å². The Hall–Kier alpha value is -0.500. The predicted molar refractivity (Wildman–Crippen MR) is 98.1 cm³/mol. The van der Waals surface area contributed by atoms with Crippen LogP contribution in [0.15, 0.2) is 0 Å². The minimum Gasteiger partial charge on any atom is -0.341 e. The van der Waals surface area contributed by atoms with Crippen molar-refractivity contribution in [1.82, 2.24) is 0 Å². The molecule has 170 valence electrons. The molecule has 0 N–H and O–H groups in total. The molecule has 0 spiro atoms. The summed E-state index contributed by atoms with van der Waals surface area (Å²) in [6.45, 7) is 0.425. The van der Waals surface area contributed by atoms with E-state index in [4.69, 9.17) is 9.47 Å². The van der Waals surface area contributed by atoms with E-state index >= 15 is 0 Å². The van der Waals surface area contributed by atoms with Crippen LogP contribution >= 0.6 is 0 Å². The first-order valence-corrected chi connectivity index (χ1v) is 10.4. The minimum atomic E-state index is -4.61. The van der Waals surface area contributed by atoms with Crippen molar-refractivity contribution in [3.05, 3.63) is 0 Å². The first-order valence-electron chi connectivity index (χ1n) is 10.4. The van der Waals surface area contributed by atoms with E-state index in [1.807, 2.05) is 0 Å². The quantitative estimate of drug-likeness (QED) is 0.134. The number of ether oxygens (including phenoxy) is 2. The van der Waals surface area contributed by atoms with E-state index in [1.54, 1.807) is 0 Å². The van der Waals surface area contributed by atoms with Crippen LogP contribution in [0.1, 0.15) is 97.3 Å². The summed E-state index contributed by atoms with van der Waals surface area (Å²) in [5, 5.41) is 0. The predicted octanol–water partition coefficient (Wildman–Crippen LogP) is 7.95. The van der Waals surface area contributed by atoms with Crippen LogP contribution in [0.25, 0.3) is 0 Å². The van der Waals surface area contributed by atoms with Crippen molar-refractivity contribution in [2.45, 2.75) is 115 Å². The standard InChI is InChI=1S/C20H36F6O2/c1-3-5-6-7-8-9-10-11-12-13-14-15-18(4-2,27-16-19(21,22)23)28-17-20(24,25)26/h3-17H2,1-2H3. The van der Waals surface area contributed by atoms with Crippen LogP contribution in [0.5, 0.6) is 0 Å². The van der Waals surface area contributed by atoms with E-state index in [0.29, 0.717) is 6.42 Å². The van der Waals surface area contributed by atoms with Crippen molar-refractivity contribution >= 4 is 0 Å². The van der Waals surface area contributed by atoms with E-state index < -0.39 is 31.4 Å². The summed E-state index contributed by atoms with van der Waals surface area (Å²) in [4.78, 5) is 0. The highest BCUT2D eigenvalue weighted by molar-refractivity contribution is 4.71. The first kappa shape index (κ1) is 27.5. The Bertz CT molecular complexity index is 351. The van der Waals surface area contributed by atoms with Crippen molar-refractivity contribution in [3.63, 3.8) is 0 Å². The molecule has 0 radical (unpaired) electrons. The van der Waals surface area contributed by atoms with Gasteiger partial charge in [0.1, 0.15) is 13.2 Å². The van der Waals surface area contributed by atoms with Gasteiger partial charge in [0, 0.05) is 6.42 Å². The van der Waals surface area contributed by atoms with Gasteiger partial charge in [0.2, 0.25) is 0 Å². The van der Waals surface area contributed by atoms with Crippen molar-refractivity contribution in [1.29, 1.82) is 0 Å². The third-order valence-electron chi connectivity index (χ3n) is 4.70. The van der Waals surface area contributed by atoms with Gasteiger partial charge in [0.15, 0.2) is 5.79 Å². The van der Waals surface area contributed by atoms with E-state index in [1.165, 1.54) is 45.4 Å². The molecule has 0 heterocycles. The van der Waals surface area contributed by atoms with E-state index in [9.17, 15) is 26.3 Å². The minimum absolute atomic E-state index is 0.0205. The normalized spacial score (nSPS) is 13.3. The molecule has 0 aromatic heterocycles. The maximum Gasteiger partial charge on any atom is 0.411 e. The van der Waals surface area contributed by atoms with Crippen LogP contribution in [-0.4, -0.2) is 31.4 Å². The Labute approximate surface area is 165 Å². The van der Waals surface area contributed by atoms with Gasteiger partial charge in [0.05, 0.1) is 0 Å². The zero-order valence-corrected chi connectivity index (χ0v) is 17.2. The topological polar surface area (TPSA) is 18.5 Å². The molecule has 0 amide bonds. The molecule has 0 bridgehead atoms. The second-order valence-electron chi connectivity index (χ2n) is 7.36. The fourth-order valence-corrected chi connectivity index (χ4v) is 3.05. The van der Waals surface area contributed by atoms with Crippen molar-refractivity contribution < 1.29 is 35.8 Å². The largest absolute Gasteiger partial charge is 0.411 e. The van der Waals surface area contributed by atoms with Gasteiger partial charge in [-0.3, -0.25) is 0 Å². The molecule has 0 aliphatic carbocycles. The molecule has 0 aliphatic heterocycles. The zero-order chi connectivity index (χ0) is 21.5. The molecular formula is C20H36F6O2. The molecule has 2 nitrogen and oxygen atoms in total. The second-order valence-corrected chi connectivity index (χ2v) is 7.36. The fourth-order valence-electron chi connectivity index (χ4n) is 3.05. The highest BCUT2D eigenvalue weighted by Crippen LogP contribution is 2.31. The van der Waals surface area contributed by atoms with Gasteiger partial charge < -0.3 is 9.47 Å². The summed E-state index contributed by atoms with van der Waals surface area (Å²) < 4.78 is 84.3. The van der Waals surface area contributed by atoms with Crippen LogP contribution in [0.4, 0.5) is 26.3 Å². The molecule has 0 atom stereocenters. The van der Waals surface area contributed by atoms with Gasteiger partial charge in [-0.1, -0.05) is 78.1 Å². The third kappa shape index (κ3) is 16.5. The number of hydrogen-bond donors (Lipinski definition) is 0. The van der Waals surface area contributed by atoms with Crippen molar-refractivity contribution in [3.8, 4) is 0 Å². The Morgan fingerprint density at radius 3 is 1.21 bits per heavy atom. The van der Waals surface area contributed by atoms with Gasteiger partial charge in [-0.05, 0) is 12.8 Å². The number of hydrogen-bond acceptors (Lipinski definition) is 2. The molecule has 0 aromatic rings. The zero-order valence-electron chi connectivity index (χ0n) is 17.2. The highest BCUT2D eigenvalue weighted by atomic mass is 19.4. The molecule has 0 aromatic carbocycles. The maximum atomic E-state index is 12.5. The average Bonchev–Trinajstić information content (AvgIpc) is 2.60. The lowest BCUT2D eigenvalue weighted by atomic mass is 10.0. The van der Waals surface area contributed by atoms with E-state index in [2.05, 4.69) is 6.92 Å². The van der Waals surface area contributed by atoms with Crippen molar-refractivity contribution in [2.24, 2.45) is 0 Å². The van der Waals surface area contributed by atoms with Crippen LogP contribution in [0.3, 0.4) is 0 Å². The second kappa shape index (κ2) is 14.5. The molecular weight excluding hydrogens is 386 g/mol. The maximum absolute atomic E-state index is 12.5. The summed E-state index contributed by atoms with van der Waals surface area (Å²) in [5.74, 6) is -1.84. The smallest absolute Gasteiger partial charge is 0.341 e. The van der Waals surface area contributed by atoms with E-state index in [0.717, 1.165) is 25.7 Å². The van der Waals surface area contributed by atoms with Crippen LogP contribution in [0, 0.1) is 0 Å². The number of alkyl halides is 6. The van der Waals surface area contributed by atoms with Gasteiger partial charge >= 0.3 is 12.4 Å². The van der Waals surface area contributed by atoms with Crippen molar-refractivity contribution in [2.75, 3.05) is 13.2 Å². The Morgan fingerprint density at radius 1 is 0.536 bits per heavy atom. The number of rotatable bonds is 17. The molecule has 8 heteroatoms. The molecule has 0 rings (SSSR count). The molecule has 0 fully saturated rings. The third-order valence-corrected chi connectivity index (χ3v) is 4.70. The van der Waals surface area contributed by atoms with Crippen LogP contribution in [-0.2, 0) is 9.47 Å². The molecule has 28 heavy (non-hydrogen) atoms. The lowest BCUT2D eigenvalue weighted by molar-refractivity contribution is -0.313. The van der Waals surface area contributed by atoms with E-state index in [-0.39, 0.29) is 12.8 Å². The van der Waals surface area contributed by atoms with Gasteiger partial charge in [-0.15, -0.1) is 0 Å². The molecule has 0 aliphatic rings. The Balaban J connectivity index is 4.19. The molecule has 0 saturated heterocycles. The van der Waals surface area contributed by atoms with Gasteiger partial charge in [0.25, 0.3) is 0 Å². The summed E-state index contributed by atoms with van der Waals surface area (Å²) in [5.41, 5.74) is 0. The SMILES string of the molecule is CCCCCCCCCCCCCC(CC)(OCC(F)(F)F)OCC(F)(F)F. The average molecular weight is 422 g/mol. The summed E-state index contributed by atoms with van der Waals surface area (Å²) in [6, 6.07) is 0. The summed E-state index contributed by atoms with van der Waals surface area (Å²) >= 11 is 0. The Morgan fingerprint density at radius 2 is 0.893 bits per heavy atom. The van der Waals surface area contributed by atoms with Crippen LogP contribution < -0.4 is 0 Å². The Kier molecular flexibility index (Phi) is 14.2. The fraction of sp³-hybridized carbons (Fsp3) is 1.00. The number of halogens is 6. The number of unbranched alkanes of at least 4 members (excludes halogenated alkanes) is 10. The first-order chi connectivity index (χ1) is 13.0. The lowest BCUT2D eigenvalue weighted by Crippen LogP contribution is -2.41. The highest BCUT2D eigenvalue weighted by Gasteiger charge is 2.40. The summed E-state index contributed by atoms with van der Waals surface area (Å²) in [6.07, 6.45) is 2.38.